The number of benzene rings is 2. The molecular weight excluding hydrogens is 428 g/mol. The second-order valence-electron chi connectivity index (χ2n) is 7.81. The predicted molar refractivity (Wildman–Crippen MR) is 123 cm³/mol. The zero-order valence-electron chi connectivity index (χ0n) is 17.9. The lowest BCUT2D eigenvalue weighted by atomic mass is 9.99. The molecule has 2 aromatic heterocycles. The molecule has 0 saturated heterocycles. The molecule has 0 fully saturated rings. The van der Waals surface area contributed by atoms with Gasteiger partial charge in [-0.15, -0.1) is 21.5 Å². The Morgan fingerprint density at radius 2 is 1.78 bits per heavy atom. The Hall–Kier alpha value is -3.39. The standard InChI is InChI=1S/C24H21F2N5S/c1-13-14(2)32-24-22(13)23(28-12-21-30-29-15(3)31(21)24)17-5-7-18(8-6-17)27-11-16-4-9-19(25)20(26)10-16/h4-10,27H,11-12H2,1-3H3. The first-order chi connectivity index (χ1) is 15.4. The molecule has 1 N–H and O–H groups in total. The first-order valence-corrected chi connectivity index (χ1v) is 11.1. The van der Waals surface area contributed by atoms with Crippen LogP contribution in [0.3, 0.4) is 0 Å². The molecule has 0 atom stereocenters. The second kappa shape index (κ2) is 7.94. The maximum absolute atomic E-state index is 13.4. The fourth-order valence-corrected chi connectivity index (χ4v) is 5.11. The number of nitrogens with zero attached hydrogens (tertiary/aromatic N) is 4. The highest BCUT2D eigenvalue weighted by Crippen LogP contribution is 2.36. The van der Waals surface area contributed by atoms with Crippen LogP contribution in [0.25, 0.3) is 5.00 Å². The SMILES string of the molecule is Cc1sc2c(c1C)C(c1ccc(NCc3ccc(F)c(F)c3)cc1)=NCc1nnc(C)n1-2. The molecule has 32 heavy (non-hydrogen) atoms. The van der Waals surface area contributed by atoms with Gasteiger partial charge in [0, 0.05) is 28.2 Å². The molecular formula is C24H21F2N5S. The molecule has 0 spiro atoms. The van der Waals surface area contributed by atoms with Crippen LogP contribution in [-0.4, -0.2) is 20.5 Å². The van der Waals surface area contributed by atoms with E-state index in [1.807, 2.05) is 31.2 Å². The summed E-state index contributed by atoms with van der Waals surface area (Å²) in [5, 5.41) is 12.9. The van der Waals surface area contributed by atoms with Crippen LogP contribution in [-0.2, 0) is 13.1 Å². The molecule has 1 aliphatic rings. The number of nitrogens with one attached hydrogen (secondary N) is 1. The lowest BCUT2D eigenvalue weighted by molar-refractivity contribution is 0.507. The summed E-state index contributed by atoms with van der Waals surface area (Å²) < 4.78 is 28.7. The molecule has 0 aliphatic carbocycles. The van der Waals surface area contributed by atoms with Crippen LogP contribution in [0.5, 0.6) is 0 Å². The quantitative estimate of drug-likeness (QED) is 0.448. The zero-order valence-corrected chi connectivity index (χ0v) is 18.7. The van der Waals surface area contributed by atoms with Crippen molar-refractivity contribution in [3.05, 3.63) is 92.9 Å². The number of rotatable bonds is 4. The van der Waals surface area contributed by atoms with Crippen molar-refractivity contribution in [1.29, 1.82) is 0 Å². The Kier molecular flexibility index (Phi) is 5.09. The fraction of sp³-hybridized carbons (Fsp3) is 0.208. The molecule has 162 valence electrons. The average molecular weight is 450 g/mol. The number of thiophene rings is 1. The van der Waals surface area contributed by atoms with Crippen molar-refractivity contribution >= 4 is 22.7 Å². The normalized spacial score (nSPS) is 12.7. The van der Waals surface area contributed by atoms with Gasteiger partial charge >= 0.3 is 0 Å². The number of aryl methyl sites for hydroxylation is 2. The summed E-state index contributed by atoms with van der Waals surface area (Å²) in [5.74, 6) is 0.0164. The smallest absolute Gasteiger partial charge is 0.160 e. The lowest BCUT2D eigenvalue weighted by Crippen LogP contribution is -2.07. The number of anilines is 1. The van der Waals surface area contributed by atoms with Crippen molar-refractivity contribution in [3.63, 3.8) is 0 Å². The number of aromatic nitrogens is 3. The van der Waals surface area contributed by atoms with Crippen LogP contribution in [0.15, 0.2) is 47.5 Å². The molecule has 5 rings (SSSR count). The van der Waals surface area contributed by atoms with E-state index >= 15 is 0 Å². The van der Waals surface area contributed by atoms with E-state index < -0.39 is 11.6 Å². The summed E-state index contributed by atoms with van der Waals surface area (Å²) in [6, 6.07) is 11.9. The van der Waals surface area contributed by atoms with E-state index in [2.05, 4.69) is 33.9 Å². The third kappa shape index (κ3) is 3.50. The van der Waals surface area contributed by atoms with Gasteiger partial charge in [0.2, 0.25) is 0 Å². The van der Waals surface area contributed by atoms with E-state index in [9.17, 15) is 8.78 Å². The Bertz CT molecular complexity index is 1350. The van der Waals surface area contributed by atoms with Crippen LogP contribution in [0.4, 0.5) is 14.5 Å². The van der Waals surface area contributed by atoms with Crippen LogP contribution >= 0.6 is 11.3 Å². The highest BCUT2D eigenvalue weighted by Gasteiger charge is 2.26. The molecule has 0 amide bonds. The van der Waals surface area contributed by atoms with Crippen LogP contribution in [0.2, 0.25) is 0 Å². The summed E-state index contributed by atoms with van der Waals surface area (Å²) in [6.07, 6.45) is 0. The van der Waals surface area contributed by atoms with Gasteiger partial charge in [-0.25, -0.2) is 8.78 Å². The van der Waals surface area contributed by atoms with Gasteiger partial charge in [0.25, 0.3) is 0 Å². The highest BCUT2D eigenvalue weighted by atomic mass is 32.1. The molecule has 0 bridgehead atoms. The van der Waals surface area contributed by atoms with Crippen LogP contribution in [0, 0.1) is 32.4 Å². The first kappa shape index (κ1) is 20.5. The Morgan fingerprint density at radius 1 is 1.00 bits per heavy atom. The summed E-state index contributed by atoms with van der Waals surface area (Å²) in [4.78, 5) is 6.15. The first-order valence-electron chi connectivity index (χ1n) is 10.3. The molecule has 1 aliphatic heterocycles. The van der Waals surface area contributed by atoms with Gasteiger partial charge in [-0.2, -0.15) is 0 Å². The van der Waals surface area contributed by atoms with Gasteiger partial charge in [0.1, 0.15) is 17.4 Å². The van der Waals surface area contributed by atoms with Gasteiger partial charge in [-0.05, 0) is 56.2 Å². The van der Waals surface area contributed by atoms with Gasteiger partial charge in [0.15, 0.2) is 17.5 Å². The number of fused-ring (bicyclic) bond motifs is 3. The second-order valence-corrected chi connectivity index (χ2v) is 9.01. The van der Waals surface area contributed by atoms with Gasteiger partial charge < -0.3 is 5.32 Å². The van der Waals surface area contributed by atoms with Crippen molar-refractivity contribution in [1.82, 2.24) is 14.8 Å². The topological polar surface area (TPSA) is 55.1 Å². The third-order valence-corrected chi connectivity index (χ3v) is 6.91. The molecule has 0 radical (unpaired) electrons. The summed E-state index contributed by atoms with van der Waals surface area (Å²) in [7, 11) is 0. The van der Waals surface area contributed by atoms with E-state index in [-0.39, 0.29) is 0 Å². The van der Waals surface area contributed by atoms with Crippen molar-refractivity contribution < 1.29 is 8.78 Å². The fourth-order valence-electron chi connectivity index (χ4n) is 3.88. The monoisotopic (exact) mass is 449 g/mol. The molecule has 0 unspecified atom stereocenters. The van der Waals surface area contributed by atoms with Crippen molar-refractivity contribution in [2.45, 2.75) is 33.9 Å². The summed E-state index contributed by atoms with van der Waals surface area (Å²) in [5.41, 5.74) is 5.86. The molecule has 0 saturated carbocycles. The molecule has 4 aromatic rings. The minimum atomic E-state index is -0.839. The van der Waals surface area contributed by atoms with E-state index in [0.29, 0.717) is 18.7 Å². The lowest BCUT2D eigenvalue weighted by Gasteiger charge is -2.11. The highest BCUT2D eigenvalue weighted by molar-refractivity contribution is 7.15. The Morgan fingerprint density at radius 3 is 2.53 bits per heavy atom. The Balaban J connectivity index is 1.44. The largest absolute Gasteiger partial charge is 0.381 e. The minimum Gasteiger partial charge on any atom is -0.381 e. The number of hydrogen-bond donors (Lipinski definition) is 1. The molecule has 3 heterocycles. The van der Waals surface area contributed by atoms with Gasteiger partial charge in [0.05, 0.1) is 5.71 Å². The third-order valence-electron chi connectivity index (χ3n) is 5.72. The molecule has 8 heteroatoms. The average Bonchev–Trinajstić information content (AvgIpc) is 3.23. The summed E-state index contributed by atoms with van der Waals surface area (Å²) >= 11 is 1.73. The van der Waals surface area contributed by atoms with Crippen molar-refractivity contribution in [2.75, 3.05) is 5.32 Å². The molecule has 2 aromatic carbocycles. The number of halogens is 2. The van der Waals surface area contributed by atoms with Crippen molar-refractivity contribution in [3.8, 4) is 5.00 Å². The number of aliphatic imine (C=N–C) groups is 1. The number of hydrogen-bond acceptors (Lipinski definition) is 5. The van der Waals surface area contributed by atoms with Crippen LogP contribution < -0.4 is 5.32 Å². The maximum Gasteiger partial charge on any atom is 0.160 e. The van der Waals surface area contributed by atoms with E-state index in [4.69, 9.17) is 4.99 Å². The van der Waals surface area contributed by atoms with E-state index in [0.717, 1.165) is 45.2 Å². The summed E-state index contributed by atoms with van der Waals surface area (Å²) in [6.45, 7) is 7.08. The van der Waals surface area contributed by atoms with E-state index in [1.165, 1.54) is 16.5 Å². The zero-order chi connectivity index (χ0) is 22.4. The predicted octanol–water partition coefficient (Wildman–Crippen LogP) is 5.50. The maximum atomic E-state index is 13.4. The molecule has 5 nitrogen and oxygen atoms in total. The van der Waals surface area contributed by atoms with E-state index in [1.54, 1.807) is 17.4 Å². The van der Waals surface area contributed by atoms with Gasteiger partial charge in [-0.1, -0.05) is 18.2 Å². The van der Waals surface area contributed by atoms with Crippen LogP contribution in [0.1, 0.15) is 38.8 Å². The van der Waals surface area contributed by atoms with Crippen molar-refractivity contribution in [2.24, 2.45) is 4.99 Å². The minimum absolute atomic E-state index is 0.401. The van der Waals surface area contributed by atoms with Gasteiger partial charge in [-0.3, -0.25) is 9.56 Å². The Labute approximate surface area is 188 Å².